The maximum absolute atomic E-state index is 12.7. The topological polar surface area (TPSA) is 98.7 Å². The van der Waals surface area contributed by atoms with Crippen LogP contribution in [-0.2, 0) is 6.54 Å². The van der Waals surface area contributed by atoms with Crippen LogP contribution in [-0.4, -0.2) is 29.9 Å². The number of nitro benzene ring substituents is 1. The molecule has 2 N–H and O–H groups in total. The van der Waals surface area contributed by atoms with E-state index in [0.717, 1.165) is 0 Å². The van der Waals surface area contributed by atoms with Gasteiger partial charge in [0.25, 0.3) is 11.6 Å². The normalized spacial score (nSPS) is 9.88. The van der Waals surface area contributed by atoms with E-state index in [1.165, 1.54) is 30.2 Å². The second kappa shape index (κ2) is 8.55. The highest BCUT2D eigenvalue weighted by Crippen LogP contribution is 2.30. The summed E-state index contributed by atoms with van der Waals surface area (Å²) in [6, 6.07) is 9.15. The number of nitro groups is 1. The fourth-order valence-electron chi connectivity index (χ4n) is 2.26. The Morgan fingerprint density at radius 2 is 2.00 bits per heavy atom. The molecular formula is C16H17Cl2N3O4. The first-order valence-electron chi connectivity index (χ1n) is 6.96. The summed E-state index contributed by atoms with van der Waals surface area (Å²) in [6.45, 7) is 0.0706. The van der Waals surface area contributed by atoms with Crippen LogP contribution in [0.5, 0.6) is 5.75 Å². The van der Waals surface area contributed by atoms with Crippen molar-refractivity contribution in [3.8, 4) is 5.75 Å². The van der Waals surface area contributed by atoms with E-state index in [-0.39, 0.29) is 46.9 Å². The van der Waals surface area contributed by atoms with Gasteiger partial charge in [0, 0.05) is 24.7 Å². The van der Waals surface area contributed by atoms with Crippen LogP contribution in [0, 0.1) is 10.1 Å². The van der Waals surface area contributed by atoms with E-state index in [1.807, 2.05) is 0 Å². The van der Waals surface area contributed by atoms with Crippen LogP contribution in [0.3, 0.4) is 0 Å². The van der Waals surface area contributed by atoms with Crippen molar-refractivity contribution >= 4 is 41.3 Å². The molecule has 0 saturated heterocycles. The predicted molar refractivity (Wildman–Crippen MR) is 98.6 cm³/mol. The average Bonchev–Trinajstić information content (AvgIpc) is 2.56. The molecule has 25 heavy (non-hydrogen) atoms. The lowest BCUT2D eigenvalue weighted by atomic mass is 10.1. The lowest BCUT2D eigenvalue weighted by Crippen LogP contribution is -2.27. The summed E-state index contributed by atoms with van der Waals surface area (Å²) >= 11 is 5.98. The molecule has 2 aromatic rings. The number of nitrogen functional groups attached to an aromatic ring is 1. The van der Waals surface area contributed by atoms with Crippen molar-refractivity contribution in [3.63, 3.8) is 0 Å². The molecule has 2 rings (SSSR count). The molecule has 0 radical (unpaired) electrons. The number of hydrogen-bond donors (Lipinski definition) is 1. The Hall–Kier alpha value is -2.51. The van der Waals surface area contributed by atoms with Gasteiger partial charge in [0.05, 0.1) is 34.9 Å². The third-order valence-corrected chi connectivity index (χ3v) is 3.82. The molecular weight excluding hydrogens is 369 g/mol. The van der Waals surface area contributed by atoms with Crippen LogP contribution in [0.25, 0.3) is 0 Å². The molecule has 9 heteroatoms. The molecule has 0 spiro atoms. The van der Waals surface area contributed by atoms with Crippen LogP contribution < -0.4 is 10.5 Å². The number of para-hydroxylation sites is 1. The number of nitrogens with two attached hydrogens (primary N) is 1. The first kappa shape index (κ1) is 20.5. The summed E-state index contributed by atoms with van der Waals surface area (Å²) in [7, 11) is 2.96. The second-order valence-electron chi connectivity index (χ2n) is 5.12. The van der Waals surface area contributed by atoms with Gasteiger partial charge in [0.15, 0.2) is 0 Å². The molecule has 0 unspecified atom stereocenters. The molecule has 0 heterocycles. The number of carbonyl (C=O) groups is 1. The Morgan fingerprint density at radius 3 is 2.60 bits per heavy atom. The zero-order valence-electron chi connectivity index (χ0n) is 13.6. The number of methoxy groups -OCH3 is 1. The highest BCUT2D eigenvalue weighted by molar-refractivity contribution is 6.33. The lowest BCUT2D eigenvalue weighted by molar-refractivity contribution is -0.385. The zero-order valence-corrected chi connectivity index (χ0v) is 15.1. The van der Waals surface area contributed by atoms with Crippen LogP contribution in [0.4, 0.5) is 11.4 Å². The number of ether oxygens (including phenoxy) is 1. The summed E-state index contributed by atoms with van der Waals surface area (Å²) in [6.07, 6.45) is 0. The van der Waals surface area contributed by atoms with Crippen molar-refractivity contribution in [1.29, 1.82) is 0 Å². The van der Waals surface area contributed by atoms with Gasteiger partial charge in [-0.3, -0.25) is 14.9 Å². The van der Waals surface area contributed by atoms with E-state index in [9.17, 15) is 14.9 Å². The third kappa shape index (κ3) is 4.52. The molecule has 0 aliphatic rings. The minimum absolute atomic E-state index is 0. The zero-order chi connectivity index (χ0) is 17.9. The molecule has 0 aliphatic carbocycles. The van der Waals surface area contributed by atoms with Crippen molar-refractivity contribution in [3.05, 3.63) is 62.7 Å². The number of halogens is 2. The van der Waals surface area contributed by atoms with Gasteiger partial charge in [-0.15, -0.1) is 12.4 Å². The predicted octanol–water partition coefficient (Wildman–Crippen LogP) is 3.53. The number of nitrogens with zero attached hydrogens (tertiary/aromatic N) is 2. The van der Waals surface area contributed by atoms with Crippen LogP contribution >= 0.6 is 24.0 Å². The van der Waals surface area contributed by atoms with Crippen molar-refractivity contribution in [1.82, 2.24) is 4.90 Å². The minimum Gasteiger partial charge on any atom is -0.496 e. The van der Waals surface area contributed by atoms with Gasteiger partial charge in [0.1, 0.15) is 5.75 Å². The summed E-state index contributed by atoms with van der Waals surface area (Å²) < 4.78 is 5.17. The van der Waals surface area contributed by atoms with Crippen molar-refractivity contribution in [2.75, 3.05) is 19.9 Å². The fraction of sp³-hybridized carbons (Fsp3) is 0.188. The Bertz CT molecular complexity index is 799. The molecule has 134 valence electrons. The van der Waals surface area contributed by atoms with Crippen LogP contribution in [0.1, 0.15) is 15.9 Å². The molecule has 0 atom stereocenters. The summed E-state index contributed by atoms with van der Waals surface area (Å²) in [5, 5.41) is 11.3. The number of amides is 1. The Balaban J connectivity index is 0.00000312. The number of hydrogen-bond acceptors (Lipinski definition) is 5. The average molecular weight is 386 g/mol. The summed E-state index contributed by atoms with van der Waals surface area (Å²) in [5.74, 6) is -0.0942. The first-order valence-corrected chi connectivity index (χ1v) is 7.33. The first-order chi connectivity index (χ1) is 11.3. The van der Waals surface area contributed by atoms with Crippen molar-refractivity contribution in [2.45, 2.75) is 6.54 Å². The van der Waals surface area contributed by atoms with Gasteiger partial charge < -0.3 is 15.4 Å². The Morgan fingerprint density at radius 1 is 1.36 bits per heavy atom. The minimum atomic E-state index is -0.478. The lowest BCUT2D eigenvalue weighted by Gasteiger charge is -2.19. The van der Waals surface area contributed by atoms with Gasteiger partial charge in [0.2, 0.25) is 0 Å². The molecule has 0 aliphatic heterocycles. The number of rotatable bonds is 5. The molecule has 0 aromatic heterocycles. The van der Waals surface area contributed by atoms with E-state index in [2.05, 4.69) is 0 Å². The van der Waals surface area contributed by atoms with Crippen LogP contribution in [0.15, 0.2) is 36.4 Å². The van der Waals surface area contributed by atoms with Gasteiger partial charge in [-0.1, -0.05) is 29.8 Å². The fourth-order valence-corrected chi connectivity index (χ4v) is 2.42. The molecule has 2 aromatic carbocycles. The number of carbonyl (C=O) groups excluding carboxylic acids is 1. The Labute approximate surface area is 155 Å². The standard InChI is InChI=1S/C16H16ClN3O4.ClH/c1-19(9-10-5-3-4-6-14(10)20(22)23)16(21)11-7-12(17)13(18)8-15(11)24-2;/h3-8H,9,18H2,1-2H3;1H. The van der Waals surface area contributed by atoms with E-state index in [0.29, 0.717) is 11.3 Å². The SMILES string of the molecule is COc1cc(N)c(Cl)cc1C(=O)N(C)Cc1ccccc1[N+](=O)[O-].Cl. The van der Waals surface area contributed by atoms with Crippen LogP contribution in [0.2, 0.25) is 5.02 Å². The van der Waals surface area contributed by atoms with Gasteiger partial charge in [-0.2, -0.15) is 0 Å². The Kier molecular flexibility index (Phi) is 7.02. The van der Waals surface area contributed by atoms with E-state index >= 15 is 0 Å². The highest BCUT2D eigenvalue weighted by Gasteiger charge is 2.21. The quantitative estimate of drug-likeness (QED) is 0.482. The smallest absolute Gasteiger partial charge is 0.274 e. The van der Waals surface area contributed by atoms with Gasteiger partial charge in [-0.25, -0.2) is 0 Å². The molecule has 0 fully saturated rings. The number of benzene rings is 2. The summed E-state index contributed by atoms with van der Waals surface area (Å²) in [5.41, 5.74) is 6.63. The maximum atomic E-state index is 12.7. The monoisotopic (exact) mass is 385 g/mol. The third-order valence-electron chi connectivity index (χ3n) is 3.49. The molecule has 1 amide bonds. The largest absolute Gasteiger partial charge is 0.496 e. The van der Waals surface area contributed by atoms with Crippen molar-refractivity contribution < 1.29 is 14.5 Å². The molecule has 0 bridgehead atoms. The van der Waals surface area contributed by atoms with E-state index in [1.54, 1.807) is 25.2 Å². The van der Waals surface area contributed by atoms with E-state index in [4.69, 9.17) is 22.1 Å². The maximum Gasteiger partial charge on any atom is 0.274 e. The summed E-state index contributed by atoms with van der Waals surface area (Å²) in [4.78, 5) is 24.6. The molecule has 7 nitrogen and oxygen atoms in total. The van der Waals surface area contributed by atoms with Gasteiger partial charge in [-0.05, 0) is 6.07 Å². The van der Waals surface area contributed by atoms with Crippen molar-refractivity contribution in [2.24, 2.45) is 0 Å². The number of anilines is 1. The molecule has 0 saturated carbocycles. The van der Waals surface area contributed by atoms with Gasteiger partial charge >= 0.3 is 0 Å². The van der Waals surface area contributed by atoms with E-state index < -0.39 is 4.92 Å². The second-order valence-corrected chi connectivity index (χ2v) is 5.53. The highest BCUT2D eigenvalue weighted by atomic mass is 35.5.